The summed E-state index contributed by atoms with van der Waals surface area (Å²) in [6.07, 6.45) is 3.50. The Labute approximate surface area is 252 Å². The van der Waals surface area contributed by atoms with Gasteiger partial charge in [-0.1, -0.05) is 30.3 Å². The molecule has 6 rings (SSSR count). The highest BCUT2D eigenvalue weighted by Crippen LogP contribution is 2.34. The molecule has 2 aromatic carbocycles. The van der Waals surface area contributed by atoms with Crippen molar-refractivity contribution in [3.63, 3.8) is 0 Å². The van der Waals surface area contributed by atoms with Crippen LogP contribution in [-0.4, -0.2) is 63.7 Å². The molecule has 2 aliphatic rings. The van der Waals surface area contributed by atoms with E-state index in [1.165, 1.54) is 39.6 Å². The number of aryl methyl sites for hydroxylation is 1. The first-order valence-corrected chi connectivity index (χ1v) is 15.0. The fraction of sp³-hybridized carbons (Fsp3) is 0.382. The molecule has 1 fully saturated rings. The molecule has 0 amide bonds. The monoisotopic (exact) mass is 582 g/mol. The molecule has 4 aromatic rings. The van der Waals surface area contributed by atoms with Crippen LogP contribution in [-0.2, 0) is 24.3 Å². The molecule has 0 unspecified atom stereocenters. The number of carboxylic acids is 1. The molecule has 1 N–H and O–H groups in total. The number of rotatable bonds is 10. The molecule has 43 heavy (non-hydrogen) atoms. The van der Waals surface area contributed by atoms with Gasteiger partial charge in [0.15, 0.2) is 5.82 Å². The van der Waals surface area contributed by atoms with E-state index >= 15 is 0 Å². The van der Waals surface area contributed by atoms with Crippen molar-refractivity contribution >= 4 is 5.97 Å². The lowest BCUT2D eigenvalue weighted by Gasteiger charge is -2.32. The summed E-state index contributed by atoms with van der Waals surface area (Å²) >= 11 is 0. The molecule has 9 heteroatoms. The second-order valence-corrected chi connectivity index (χ2v) is 11.3. The van der Waals surface area contributed by atoms with Crippen LogP contribution >= 0.6 is 0 Å². The number of carbonyl (C=O) groups is 1. The van der Waals surface area contributed by atoms with Gasteiger partial charge in [-0.05, 0) is 85.5 Å². The smallest absolute Gasteiger partial charge is 0.342 e. The molecule has 4 heterocycles. The highest BCUT2D eigenvalue weighted by atomic mass is 16.5. The van der Waals surface area contributed by atoms with E-state index in [9.17, 15) is 9.90 Å². The van der Waals surface area contributed by atoms with Gasteiger partial charge >= 0.3 is 5.97 Å². The van der Waals surface area contributed by atoms with Crippen molar-refractivity contribution in [2.24, 2.45) is 5.92 Å². The Bertz CT molecular complexity index is 1630. The third kappa shape index (κ3) is 6.00. The van der Waals surface area contributed by atoms with Crippen LogP contribution in [0.25, 0.3) is 17.1 Å². The van der Waals surface area contributed by atoms with E-state index in [2.05, 4.69) is 29.1 Å². The second kappa shape index (κ2) is 12.6. The molecule has 1 saturated heterocycles. The zero-order chi connectivity index (χ0) is 29.9. The minimum atomic E-state index is -1.10. The molecule has 2 aliphatic heterocycles. The van der Waals surface area contributed by atoms with Crippen LogP contribution in [0.5, 0.6) is 11.6 Å². The number of para-hydroxylation sites is 1. The topological polar surface area (TPSA) is 98.9 Å². The SMILES string of the molecule is CCOc1c(C(=O)O)cnn1-c1cccc(-c2cccc(C)c2OCc2ccc3c(c2C)CCN(C[C@@H]2CCOC2)C3)n1. The average Bonchev–Trinajstić information content (AvgIpc) is 3.68. The van der Waals surface area contributed by atoms with Gasteiger partial charge in [-0.2, -0.15) is 9.78 Å². The summed E-state index contributed by atoms with van der Waals surface area (Å²) in [7, 11) is 0. The van der Waals surface area contributed by atoms with Crippen LogP contribution in [0.2, 0.25) is 0 Å². The normalized spacial score (nSPS) is 16.7. The number of ether oxygens (including phenoxy) is 3. The Hall–Kier alpha value is -4.21. The average molecular weight is 583 g/mol. The molecular weight excluding hydrogens is 544 g/mol. The predicted molar refractivity (Wildman–Crippen MR) is 163 cm³/mol. The van der Waals surface area contributed by atoms with E-state index in [0.717, 1.165) is 56.1 Å². The van der Waals surface area contributed by atoms with Gasteiger partial charge < -0.3 is 19.3 Å². The van der Waals surface area contributed by atoms with Crippen molar-refractivity contribution in [3.8, 4) is 28.7 Å². The summed E-state index contributed by atoms with van der Waals surface area (Å²) in [5, 5.41) is 13.8. The second-order valence-electron chi connectivity index (χ2n) is 11.3. The number of hydrogen-bond acceptors (Lipinski definition) is 7. The standard InChI is InChI=1S/C34H38N4O5/c1-4-42-33-29(34(39)40)17-35-38(33)31-10-6-9-30(36-31)28-8-5-7-22(2)32(28)43-21-26-12-11-25-19-37(15-13-27(25)23(26)3)18-24-14-16-41-20-24/h5-12,17,24H,4,13-16,18-21H2,1-3H3,(H,39,40)/t24-/m0/s1. The Morgan fingerprint density at radius 3 is 2.77 bits per heavy atom. The molecule has 9 nitrogen and oxygen atoms in total. The van der Waals surface area contributed by atoms with Crippen molar-refractivity contribution in [3.05, 3.63) is 88.1 Å². The third-order valence-electron chi connectivity index (χ3n) is 8.47. The van der Waals surface area contributed by atoms with E-state index in [4.69, 9.17) is 19.2 Å². The van der Waals surface area contributed by atoms with Crippen molar-refractivity contribution < 1.29 is 24.1 Å². The van der Waals surface area contributed by atoms with Crippen molar-refractivity contribution in [2.75, 3.05) is 32.9 Å². The number of carboxylic acid groups (broad SMARTS) is 1. The molecule has 0 saturated carbocycles. The van der Waals surface area contributed by atoms with Crippen LogP contribution < -0.4 is 9.47 Å². The highest BCUT2D eigenvalue weighted by Gasteiger charge is 2.24. The van der Waals surface area contributed by atoms with Crippen LogP contribution in [0.3, 0.4) is 0 Å². The van der Waals surface area contributed by atoms with Gasteiger partial charge in [-0.3, -0.25) is 4.90 Å². The fourth-order valence-electron chi connectivity index (χ4n) is 6.16. The van der Waals surface area contributed by atoms with Gasteiger partial charge in [0.1, 0.15) is 17.9 Å². The summed E-state index contributed by atoms with van der Waals surface area (Å²) in [4.78, 5) is 19.1. The van der Waals surface area contributed by atoms with E-state index in [1.54, 1.807) is 13.0 Å². The fourth-order valence-corrected chi connectivity index (χ4v) is 6.16. The van der Waals surface area contributed by atoms with Crippen molar-refractivity contribution in [2.45, 2.75) is 46.8 Å². The van der Waals surface area contributed by atoms with Gasteiger partial charge in [0.05, 0.1) is 25.1 Å². The van der Waals surface area contributed by atoms with Crippen LogP contribution in [0.15, 0.2) is 54.7 Å². The summed E-state index contributed by atoms with van der Waals surface area (Å²) in [5.74, 6) is 0.933. The molecular formula is C34H38N4O5. The first kappa shape index (κ1) is 28.9. The zero-order valence-electron chi connectivity index (χ0n) is 25.0. The molecule has 1 atom stereocenters. The van der Waals surface area contributed by atoms with E-state index in [0.29, 0.717) is 30.6 Å². The molecule has 0 aliphatic carbocycles. The lowest BCUT2D eigenvalue weighted by molar-refractivity contribution is 0.0692. The summed E-state index contributed by atoms with van der Waals surface area (Å²) < 4.78 is 19.2. The van der Waals surface area contributed by atoms with Gasteiger partial charge in [-0.15, -0.1) is 0 Å². The molecule has 224 valence electrons. The lowest BCUT2D eigenvalue weighted by atomic mass is 9.91. The number of hydrogen-bond donors (Lipinski definition) is 1. The van der Waals surface area contributed by atoms with Gasteiger partial charge in [0.2, 0.25) is 5.88 Å². The van der Waals surface area contributed by atoms with Crippen LogP contribution in [0.1, 0.15) is 51.5 Å². The molecule has 2 aromatic heterocycles. The number of aromatic nitrogens is 3. The van der Waals surface area contributed by atoms with E-state index in [-0.39, 0.29) is 11.4 Å². The quantitative estimate of drug-likeness (QED) is 0.257. The zero-order valence-corrected chi connectivity index (χ0v) is 25.0. The minimum Gasteiger partial charge on any atom is -0.488 e. The molecule has 0 spiro atoms. The van der Waals surface area contributed by atoms with Crippen molar-refractivity contribution in [1.29, 1.82) is 0 Å². The summed E-state index contributed by atoms with van der Waals surface area (Å²) in [6, 6.07) is 16.1. The largest absolute Gasteiger partial charge is 0.488 e. The number of fused-ring (bicyclic) bond motifs is 1. The van der Waals surface area contributed by atoms with Crippen LogP contribution in [0.4, 0.5) is 0 Å². The maximum absolute atomic E-state index is 11.7. The lowest BCUT2D eigenvalue weighted by Crippen LogP contribution is -2.35. The number of nitrogens with zero attached hydrogens (tertiary/aromatic N) is 4. The van der Waals surface area contributed by atoms with Crippen molar-refractivity contribution in [1.82, 2.24) is 19.7 Å². The van der Waals surface area contributed by atoms with Gasteiger partial charge in [0.25, 0.3) is 0 Å². The Morgan fingerprint density at radius 2 is 1.98 bits per heavy atom. The highest BCUT2D eigenvalue weighted by molar-refractivity contribution is 5.90. The molecule has 0 radical (unpaired) electrons. The van der Waals surface area contributed by atoms with Gasteiger partial charge in [0, 0.05) is 31.8 Å². The Kier molecular flexibility index (Phi) is 8.44. The first-order chi connectivity index (χ1) is 20.9. The maximum atomic E-state index is 11.7. The van der Waals surface area contributed by atoms with Gasteiger partial charge in [-0.25, -0.2) is 9.78 Å². The summed E-state index contributed by atoms with van der Waals surface area (Å²) in [6.45, 7) is 11.8. The van der Waals surface area contributed by atoms with Crippen LogP contribution in [0, 0.1) is 19.8 Å². The number of pyridine rings is 1. The number of aromatic carboxylic acids is 1. The number of benzene rings is 2. The van der Waals surface area contributed by atoms with E-state index < -0.39 is 5.97 Å². The Balaban J connectivity index is 1.23. The molecule has 0 bridgehead atoms. The predicted octanol–water partition coefficient (Wildman–Crippen LogP) is 5.62. The Morgan fingerprint density at radius 1 is 1.12 bits per heavy atom. The third-order valence-corrected chi connectivity index (χ3v) is 8.47. The minimum absolute atomic E-state index is 0.00910. The maximum Gasteiger partial charge on any atom is 0.342 e. The first-order valence-electron chi connectivity index (χ1n) is 15.0. The summed E-state index contributed by atoms with van der Waals surface area (Å²) in [5.41, 5.74) is 7.91. The van der Waals surface area contributed by atoms with E-state index in [1.807, 2.05) is 37.3 Å².